The van der Waals surface area contributed by atoms with E-state index in [1.807, 2.05) is 18.2 Å². The fourth-order valence-electron chi connectivity index (χ4n) is 3.83. The number of halogens is 2. The number of hydrogen-bond donors (Lipinski definition) is 4. The monoisotopic (exact) mass is 397 g/mol. The second-order valence-corrected chi connectivity index (χ2v) is 7.54. The van der Waals surface area contributed by atoms with Gasteiger partial charge in [0.1, 0.15) is 11.7 Å². The largest absolute Gasteiger partial charge is 0.370 e. The van der Waals surface area contributed by atoms with Crippen LogP contribution in [0.5, 0.6) is 0 Å². The number of rotatable bonds is 3. The molecule has 1 aromatic heterocycles. The number of guanidine groups is 1. The molecule has 28 heavy (non-hydrogen) atoms. The Morgan fingerprint density at radius 1 is 1.14 bits per heavy atom. The van der Waals surface area contributed by atoms with Crippen LogP contribution in [-0.4, -0.2) is 27.8 Å². The van der Waals surface area contributed by atoms with Crippen molar-refractivity contribution in [3.05, 3.63) is 64.6 Å². The normalized spacial score (nSPS) is 23.1. The van der Waals surface area contributed by atoms with E-state index >= 15 is 0 Å². The lowest BCUT2D eigenvalue weighted by Gasteiger charge is -2.35. The summed E-state index contributed by atoms with van der Waals surface area (Å²) in [6, 6.07) is 10.4. The van der Waals surface area contributed by atoms with E-state index in [2.05, 4.69) is 20.5 Å². The summed E-state index contributed by atoms with van der Waals surface area (Å²) in [5.74, 6) is -1.24. The van der Waals surface area contributed by atoms with Gasteiger partial charge in [-0.25, -0.2) is 14.4 Å². The first-order valence-corrected chi connectivity index (χ1v) is 9.19. The van der Waals surface area contributed by atoms with Crippen LogP contribution in [0.15, 0.2) is 52.6 Å². The molecule has 1 aliphatic heterocycles. The maximum Gasteiger partial charge on any atom is 0.217 e. The molecule has 1 unspecified atom stereocenters. The molecule has 1 fully saturated rings. The fraction of sp³-hybridized carbons (Fsp3) is 0.211. The maximum atomic E-state index is 14.1. The summed E-state index contributed by atoms with van der Waals surface area (Å²) in [6.45, 7) is 0. The van der Waals surface area contributed by atoms with Gasteiger partial charge in [-0.2, -0.15) is 5.10 Å². The first-order valence-electron chi connectivity index (χ1n) is 8.81. The molecule has 0 amide bonds. The molecule has 7 nitrogen and oxygen atoms in total. The third-order valence-corrected chi connectivity index (χ3v) is 5.84. The van der Waals surface area contributed by atoms with Crippen LogP contribution in [0.3, 0.4) is 0 Å². The Balaban J connectivity index is 1.63. The van der Waals surface area contributed by atoms with Gasteiger partial charge in [-0.3, -0.25) is 10.8 Å². The van der Waals surface area contributed by atoms with Gasteiger partial charge >= 0.3 is 0 Å². The van der Waals surface area contributed by atoms with Gasteiger partial charge in [0.05, 0.1) is 22.2 Å². The first-order chi connectivity index (χ1) is 13.4. The minimum atomic E-state index is -1.39. The number of nitrogens with one attached hydrogen (secondary N) is 2. The molecule has 5 rings (SSSR count). The number of amidine groups is 1. The van der Waals surface area contributed by atoms with E-state index in [1.165, 1.54) is 6.07 Å². The van der Waals surface area contributed by atoms with Gasteiger partial charge in [0, 0.05) is 10.9 Å². The molecule has 142 valence electrons. The zero-order valence-corrected chi connectivity index (χ0v) is 15.5. The summed E-state index contributed by atoms with van der Waals surface area (Å²) in [7, 11) is 0. The summed E-state index contributed by atoms with van der Waals surface area (Å²) in [5.41, 5.74) is 14.3. The Bertz CT molecular complexity index is 1160. The summed E-state index contributed by atoms with van der Waals surface area (Å²) in [5, 5.41) is 11.0. The van der Waals surface area contributed by atoms with Gasteiger partial charge in [0.25, 0.3) is 0 Å². The highest BCUT2D eigenvalue weighted by atomic mass is 35.5. The summed E-state index contributed by atoms with van der Waals surface area (Å²) < 4.78 is 14.1. The van der Waals surface area contributed by atoms with Gasteiger partial charge in [0.15, 0.2) is 5.96 Å². The number of aromatic nitrogens is 2. The SMILES string of the molecule is NC1=NC(N)(C2(c3cccc(F)c3Cl)CC2)N=C(c2ccc3cn[nH]c3c2)N1. The second kappa shape index (κ2) is 5.76. The number of nitrogens with zero attached hydrogens (tertiary/aromatic N) is 3. The Labute approximate surface area is 164 Å². The molecular formula is C19H17ClFN7. The number of fused-ring (bicyclic) bond motifs is 1. The lowest BCUT2D eigenvalue weighted by molar-refractivity contribution is 0.348. The van der Waals surface area contributed by atoms with E-state index in [-0.39, 0.29) is 11.0 Å². The molecule has 0 spiro atoms. The Morgan fingerprint density at radius 3 is 2.75 bits per heavy atom. The molecule has 2 heterocycles. The van der Waals surface area contributed by atoms with Gasteiger partial charge in [-0.1, -0.05) is 35.9 Å². The predicted molar refractivity (Wildman–Crippen MR) is 107 cm³/mol. The number of aliphatic imine (C=N–C) groups is 2. The van der Waals surface area contributed by atoms with Crippen molar-refractivity contribution < 1.29 is 4.39 Å². The van der Waals surface area contributed by atoms with Crippen molar-refractivity contribution in [3.63, 3.8) is 0 Å². The van der Waals surface area contributed by atoms with Crippen molar-refractivity contribution in [3.8, 4) is 0 Å². The van der Waals surface area contributed by atoms with Crippen LogP contribution < -0.4 is 16.8 Å². The van der Waals surface area contributed by atoms with Crippen molar-refractivity contribution in [2.45, 2.75) is 24.0 Å². The number of H-pyrrole nitrogens is 1. The lowest BCUT2D eigenvalue weighted by atomic mass is 9.88. The third-order valence-electron chi connectivity index (χ3n) is 5.46. The zero-order valence-electron chi connectivity index (χ0n) is 14.7. The first kappa shape index (κ1) is 17.2. The lowest BCUT2D eigenvalue weighted by Crippen LogP contribution is -2.56. The number of aromatic amines is 1. The van der Waals surface area contributed by atoms with E-state index in [1.54, 1.807) is 18.3 Å². The highest BCUT2D eigenvalue weighted by Gasteiger charge is 2.61. The molecule has 3 aromatic rings. The highest BCUT2D eigenvalue weighted by Crippen LogP contribution is 2.58. The van der Waals surface area contributed by atoms with Crippen molar-refractivity contribution in [2.75, 3.05) is 0 Å². The van der Waals surface area contributed by atoms with Crippen LogP contribution in [0, 0.1) is 5.82 Å². The molecule has 2 aromatic carbocycles. The van der Waals surface area contributed by atoms with Gasteiger partial charge in [-0.05, 0) is 30.5 Å². The average molecular weight is 398 g/mol. The summed E-state index contributed by atoms with van der Waals surface area (Å²) in [6.07, 6.45) is 3.10. The smallest absolute Gasteiger partial charge is 0.217 e. The molecule has 0 bridgehead atoms. The van der Waals surface area contributed by atoms with E-state index in [9.17, 15) is 4.39 Å². The molecular weight excluding hydrogens is 381 g/mol. The minimum Gasteiger partial charge on any atom is -0.370 e. The van der Waals surface area contributed by atoms with E-state index in [0.29, 0.717) is 24.2 Å². The topological polar surface area (TPSA) is 117 Å². The van der Waals surface area contributed by atoms with Crippen LogP contribution in [0.4, 0.5) is 4.39 Å². The molecule has 0 radical (unpaired) electrons. The second-order valence-electron chi connectivity index (χ2n) is 7.16. The summed E-state index contributed by atoms with van der Waals surface area (Å²) in [4.78, 5) is 9.10. The fourth-order valence-corrected chi connectivity index (χ4v) is 4.13. The Kier molecular flexibility index (Phi) is 3.53. The number of nitrogens with two attached hydrogens (primary N) is 2. The minimum absolute atomic E-state index is 0.0489. The number of hydrogen-bond acceptors (Lipinski definition) is 6. The zero-order chi connectivity index (χ0) is 19.5. The highest BCUT2D eigenvalue weighted by molar-refractivity contribution is 6.31. The molecule has 1 atom stereocenters. The molecule has 0 saturated heterocycles. The number of benzene rings is 2. The van der Waals surface area contributed by atoms with Crippen molar-refractivity contribution in [1.82, 2.24) is 15.5 Å². The van der Waals surface area contributed by atoms with E-state index < -0.39 is 17.0 Å². The van der Waals surface area contributed by atoms with Crippen molar-refractivity contribution in [2.24, 2.45) is 21.5 Å². The standard InChI is InChI=1S/C19H17ClFN7/c20-15-12(2-1-3-13(15)21)18(6-7-18)19(23)26-16(25-17(22)27-19)10-4-5-11-9-24-28-14(11)8-10/h1-5,8-9H,6-7,23H2,(H,24,28)(H3,22,25,26,27). The van der Waals surface area contributed by atoms with Crippen LogP contribution in [0.2, 0.25) is 5.02 Å². The Morgan fingerprint density at radius 2 is 1.96 bits per heavy atom. The molecule has 1 saturated carbocycles. The average Bonchev–Trinajstić information content (AvgIpc) is 3.35. The van der Waals surface area contributed by atoms with E-state index in [4.69, 9.17) is 28.1 Å². The van der Waals surface area contributed by atoms with Crippen LogP contribution in [0.1, 0.15) is 24.0 Å². The van der Waals surface area contributed by atoms with Crippen LogP contribution in [0.25, 0.3) is 10.9 Å². The Hall–Kier alpha value is -2.97. The molecule has 2 aliphatic rings. The van der Waals surface area contributed by atoms with Gasteiger partial charge in [0.2, 0.25) is 5.79 Å². The van der Waals surface area contributed by atoms with Crippen molar-refractivity contribution in [1.29, 1.82) is 0 Å². The maximum absolute atomic E-state index is 14.1. The predicted octanol–water partition coefficient (Wildman–Crippen LogP) is 2.36. The summed E-state index contributed by atoms with van der Waals surface area (Å²) >= 11 is 6.26. The molecule has 9 heteroatoms. The van der Waals surface area contributed by atoms with E-state index in [0.717, 1.165) is 16.5 Å². The third kappa shape index (κ3) is 2.42. The van der Waals surface area contributed by atoms with Gasteiger partial charge < -0.3 is 11.1 Å². The quantitative estimate of drug-likeness (QED) is 0.542. The van der Waals surface area contributed by atoms with Crippen LogP contribution >= 0.6 is 11.6 Å². The van der Waals surface area contributed by atoms with Crippen molar-refractivity contribution >= 4 is 34.3 Å². The molecule has 1 aliphatic carbocycles. The van der Waals surface area contributed by atoms with Gasteiger partial charge in [-0.15, -0.1) is 0 Å². The molecule has 6 N–H and O–H groups in total. The van der Waals surface area contributed by atoms with Crippen LogP contribution in [-0.2, 0) is 5.41 Å².